The van der Waals surface area contributed by atoms with E-state index in [1.54, 1.807) is 0 Å². The monoisotopic (exact) mass is 290 g/mol. The highest BCUT2D eigenvalue weighted by molar-refractivity contribution is 5.85. The number of fused-ring (bicyclic) bond motifs is 1. The Morgan fingerprint density at radius 2 is 2.05 bits per heavy atom. The van der Waals surface area contributed by atoms with Gasteiger partial charge in [-0.1, -0.05) is 32.0 Å². The Balaban J connectivity index is 2.15. The molecule has 21 heavy (non-hydrogen) atoms. The van der Waals surface area contributed by atoms with Crippen molar-refractivity contribution >= 4 is 11.6 Å². The number of anilines is 1. The molecule has 1 amide bonds. The first kappa shape index (κ1) is 15.8. The molecule has 1 aliphatic rings. The lowest BCUT2D eigenvalue weighted by Gasteiger charge is -2.37. The zero-order valence-electron chi connectivity index (χ0n) is 13.2. The minimum Gasteiger partial charge on any atom is -0.388 e. The number of carbonyl (C=O) groups is 1. The summed E-state index contributed by atoms with van der Waals surface area (Å²) in [6.45, 7) is 6.82. The number of amides is 1. The third-order valence-electron chi connectivity index (χ3n) is 4.43. The third kappa shape index (κ3) is 3.38. The Morgan fingerprint density at radius 1 is 1.38 bits per heavy atom. The first-order chi connectivity index (χ1) is 10.1. The molecule has 2 unspecified atom stereocenters. The fraction of sp³-hybridized carbons (Fsp3) is 0.588. The van der Waals surface area contributed by atoms with E-state index in [-0.39, 0.29) is 18.0 Å². The SMILES string of the molecule is CCC(CC)NC(=O)C(C)N1CCC(O)c2ccccc21. The van der Waals surface area contributed by atoms with Gasteiger partial charge in [0, 0.05) is 23.8 Å². The lowest BCUT2D eigenvalue weighted by atomic mass is 9.97. The van der Waals surface area contributed by atoms with Gasteiger partial charge in [0.2, 0.25) is 5.91 Å². The second-order valence-electron chi connectivity index (χ2n) is 5.75. The minimum absolute atomic E-state index is 0.0647. The Morgan fingerprint density at radius 3 is 2.71 bits per heavy atom. The summed E-state index contributed by atoms with van der Waals surface area (Å²) < 4.78 is 0. The average Bonchev–Trinajstić information content (AvgIpc) is 2.52. The molecule has 1 aromatic rings. The first-order valence-electron chi connectivity index (χ1n) is 7.92. The maximum atomic E-state index is 12.4. The molecule has 1 aliphatic heterocycles. The van der Waals surface area contributed by atoms with Gasteiger partial charge in [-0.2, -0.15) is 0 Å². The van der Waals surface area contributed by atoms with Crippen LogP contribution in [0, 0.1) is 0 Å². The molecule has 0 spiro atoms. The van der Waals surface area contributed by atoms with Gasteiger partial charge in [-0.15, -0.1) is 0 Å². The first-order valence-corrected chi connectivity index (χ1v) is 7.92. The zero-order valence-corrected chi connectivity index (χ0v) is 13.2. The van der Waals surface area contributed by atoms with Crippen LogP contribution in [0.4, 0.5) is 5.69 Å². The molecule has 2 N–H and O–H groups in total. The van der Waals surface area contributed by atoms with E-state index < -0.39 is 6.10 Å². The molecule has 4 heteroatoms. The van der Waals surface area contributed by atoms with Gasteiger partial charge in [0.1, 0.15) is 6.04 Å². The molecular formula is C17H26N2O2. The molecule has 0 bridgehead atoms. The van der Waals surface area contributed by atoms with Gasteiger partial charge < -0.3 is 15.3 Å². The fourth-order valence-electron chi connectivity index (χ4n) is 2.93. The summed E-state index contributed by atoms with van der Waals surface area (Å²) >= 11 is 0. The summed E-state index contributed by atoms with van der Waals surface area (Å²) in [4.78, 5) is 14.5. The van der Waals surface area contributed by atoms with Crippen LogP contribution in [-0.4, -0.2) is 29.6 Å². The lowest BCUT2D eigenvalue weighted by molar-refractivity contribution is -0.122. The number of carbonyl (C=O) groups excluding carboxylic acids is 1. The number of hydrogen-bond acceptors (Lipinski definition) is 3. The van der Waals surface area contributed by atoms with Gasteiger partial charge in [0.25, 0.3) is 0 Å². The molecule has 2 rings (SSSR count). The Labute approximate surface area is 127 Å². The van der Waals surface area contributed by atoms with Gasteiger partial charge >= 0.3 is 0 Å². The van der Waals surface area contributed by atoms with Crippen LogP contribution in [0.2, 0.25) is 0 Å². The van der Waals surface area contributed by atoms with Crippen LogP contribution in [0.15, 0.2) is 24.3 Å². The second-order valence-corrected chi connectivity index (χ2v) is 5.75. The second kappa shape index (κ2) is 6.94. The van der Waals surface area contributed by atoms with Crippen molar-refractivity contribution < 1.29 is 9.90 Å². The summed E-state index contributed by atoms with van der Waals surface area (Å²) in [6.07, 6.45) is 2.14. The van der Waals surface area contributed by atoms with Gasteiger partial charge in [-0.25, -0.2) is 0 Å². The predicted octanol–water partition coefficient (Wildman–Crippen LogP) is 2.62. The summed E-state index contributed by atoms with van der Waals surface area (Å²) in [6, 6.07) is 7.83. The van der Waals surface area contributed by atoms with Crippen LogP contribution in [0.5, 0.6) is 0 Å². The summed E-state index contributed by atoms with van der Waals surface area (Å²) in [5.74, 6) is 0.0647. The fourth-order valence-corrected chi connectivity index (χ4v) is 2.93. The van der Waals surface area contributed by atoms with E-state index in [1.165, 1.54) is 0 Å². The molecule has 116 valence electrons. The van der Waals surface area contributed by atoms with E-state index >= 15 is 0 Å². The van der Waals surface area contributed by atoms with Gasteiger partial charge in [-0.05, 0) is 32.3 Å². The average molecular weight is 290 g/mol. The van der Waals surface area contributed by atoms with Crippen molar-refractivity contribution in [3.63, 3.8) is 0 Å². The summed E-state index contributed by atoms with van der Waals surface area (Å²) in [5.41, 5.74) is 1.90. The van der Waals surface area contributed by atoms with Crippen molar-refractivity contribution in [3.8, 4) is 0 Å². The molecule has 0 aliphatic carbocycles. The van der Waals surface area contributed by atoms with Crippen molar-refractivity contribution in [3.05, 3.63) is 29.8 Å². The largest absolute Gasteiger partial charge is 0.388 e. The molecule has 1 aromatic carbocycles. The van der Waals surface area contributed by atoms with E-state index in [1.807, 2.05) is 31.2 Å². The topological polar surface area (TPSA) is 52.6 Å². The van der Waals surface area contributed by atoms with Gasteiger partial charge in [0.15, 0.2) is 0 Å². The number of nitrogens with zero attached hydrogens (tertiary/aromatic N) is 1. The highest BCUT2D eigenvalue weighted by atomic mass is 16.3. The molecule has 0 saturated carbocycles. The summed E-state index contributed by atoms with van der Waals surface area (Å²) in [5, 5.41) is 13.2. The number of aliphatic hydroxyl groups excluding tert-OH is 1. The van der Waals surface area contributed by atoms with E-state index in [0.29, 0.717) is 13.0 Å². The Kier molecular flexibility index (Phi) is 5.23. The maximum Gasteiger partial charge on any atom is 0.242 e. The van der Waals surface area contributed by atoms with Crippen molar-refractivity contribution in [2.45, 2.75) is 58.2 Å². The normalized spacial score (nSPS) is 19.3. The van der Waals surface area contributed by atoms with E-state index in [0.717, 1.165) is 24.1 Å². The molecule has 0 fully saturated rings. The van der Waals surface area contributed by atoms with Gasteiger partial charge in [-0.3, -0.25) is 4.79 Å². The van der Waals surface area contributed by atoms with E-state index in [2.05, 4.69) is 24.1 Å². The molecule has 0 aromatic heterocycles. The zero-order chi connectivity index (χ0) is 15.4. The summed E-state index contributed by atoms with van der Waals surface area (Å²) in [7, 11) is 0. The molecular weight excluding hydrogens is 264 g/mol. The number of para-hydroxylation sites is 1. The number of aliphatic hydroxyl groups is 1. The maximum absolute atomic E-state index is 12.4. The van der Waals surface area contributed by atoms with E-state index in [4.69, 9.17) is 0 Å². The van der Waals surface area contributed by atoms with Crippen molar-refractivity contribution in [1.29, 1.82) is 0 Å². The van der Waals surface area contributed by atoms with Crippen LogP contribution in [-0.2, 0) is 4.79 Å². The minimum atomic E-state index is -0.424. The van der Waals surface area contributed by atoms with Crippen molar-refractivity contribution in [2.24, 2.45) is 0 Å². The van der Waals surface area contributed by atoms with E-state index in [9.17, 15) is 9.90 Å². The van der Waals surface area contributed by atoms with Crippen LogP contribution in [0.25, 0.3) is 0 Å². The number of rotatable bonds is 5. The molecule has 0 saturated heterocycles. The van der Waals surface area contributed by atoms with Crippen molar-refractivity contribution in [1.82, 2.24) is 5.32 Å². The van der Waals surface area contributed by atoms with Crippen LogP contribution in [0.1, 0.15) is 51.7 Å². The highest BCUT2D eigenvalue weighted by Gasteiger charge is 2.29. The number of benzene rings is 1. The quantitative estimate of drug-likeness (QED) is 0.876. The Bertz CT molecular complexity index is 485. The third-order valence-corrected chi connectivity index (χ3v) is 4.43. The molecule has 1 heterocycles. The predicted molar refractivity (Wildman–Crippen MR) is 85.3 cm³/mol. The smallest absolute Gasteiger partial charge is 0.242 e. The van der Waals surface area contributed by atoms with Crippen LogP contribution < -0.4 is 10.2 Å². The Hall–Kier alpha value is -1.55. The molecule has 0 radical (unpaired) electrons. The number of nitrogens with one attached hydrogen (secondary N) is 1. The van der Waals surface area contributed by atoms with Gasteiger partial charge in [0.05, 0.1) is 6.10 Å². The van der Waals surface area contributed by atoms with Crippen molar-refractivity contribution in [2.75, 3.05) is 11.4 Å². The highest BCUT2D eigenvalue weighted by Crippen LogP contribution is 2.34. The van der Waals surface area contributed by atoms with Crippen LogP contribution in [0.3, 0.4) is 0 Å². The number of hydrogen-bond donors (Lipinski definition) is 2. The van der Waals surface area contributed by atoms with Crippen LogP contribution >= 0.6 is 0 Å². The molecule has 4 nitrogen and oxygen atoms in total. The standard InChI is InChI=1S/C17H26N2O2/c1-4-13(5-2)18-17(21)12(3)19-11-10-16(20)14-8-6-7-9-15(14)19/h6-9,12-13,16,20H,4-5,10-11H2,1-3H3,(H,18,21). The lowest BCUT2D eigenvalue weighted by Crippen LogP contribution is -2.50. The molecule has 2 atom stereocenters.